The molecule has 4 rings (SSSR count). The van der Waals surface area contributed by atoms with Gasteiger partial charge in [-0.3, -0.25) is 0 Å². The maximum Gasteiger partial charge on any atom is 0.166 e. The van der Waals surface area contributed by atoms with E-state index in [1.54, 1.807) is 0 Å². The summed E-state index contributed by atoms with van der Waals surface area (Å²) in [7, 11) is 2.17. The summed E-state index contributed by atoms with van der Waals surface area (Å²) in [5.74, 6) is 1.14. The maximum atomic E-state index is 10.0. The summed E-state index contributed by atoms with van der Waals surface area (Å²) >= 11 is 7.35. The maximum absolute atomic E-state index is 10.0. The van der Waals surface area contributed by atoms with Crippen LogP contribution in [0.15, 0.2) is 53.8 Å². The van der Waals surface area contributed by atoms with Gasteiger partial charge in [0.1, 0.15) is 0 Å². The fourth-order valence-corrected chi connectivity index (χ4v) is 5.59. The van der Waals surface area contributed by atoms with Crippen LogP contribution in [0.3, 0.4) is 0 Å². The highest BCUT2D eigenvalue weighted by Crippen LogP contribution is 2.37. The lowest BCUT2D eigenvalue weighted by Gasteiger charge is -2.42. The zero-order valence-electron chi connectivity index (χ0n) is 17.0. The highest BCUT2D eigenvalue weighted by Gasteiger charge is 2.35. The lowest BCUT2D eigenvalue weighted by atomic mass is 9.76. The number of nitrogens with one attached hydrogen (secondary N) is 2. The normalized spacial score (nSPS) is 24.6. The van der Waals surface area contributed by atoms with E-state index < -0.39 is 0 Å². The lowest BCUT2D eigenvalue weighted by Crippen LogP contribution is -2.50. The van der Waals surface area contributed by atoms with Crippen molar-refractivity contribution in [2.24, 2.45) is 11.8 Å². The van der Waals surface area contributed by atoms with Crippen LogP contribution in [-0.4, -0.2) is 47.8 Å². The lowest BCUT2D eigenvalue weighted by molar-refractivity contribution is 0.144. The number of likely N-dealkylation sites (tertiary alicyclic amines) is 1. The van der Waals surface area contributed by atoms with Gasteiger partial charge in [-0.1, -0.05) is 36.8 Å². The minimum atomic E-state index is 0.211. The Bertz CT molecular complexity index is 916. The zero-order chi connectivity index (χ0) is 20.4. The van der Waals surface area contributed by atoms with Gasteiger partial charge in [0.2, 0.25) is 0 Å². The molecular formula is C23H29N3OS2. The quantitative estimate of drug-likeness (QED) is 0.623. The zero-order valence-corrected chi connectivity index (χ0v) is 18.7. The van der Waals surface area contributed by atoms with E-state index in [4.69, 9.17) is 12.2 Å². The molecule has 1 aliphatic heterocycles. The van der Waals surface area contributed by atoms with E-state index in [0.717, 1.165) is 37.6 Å². The van der Waals surface area contributed by atoms with E-state index in [-0.39, 0.29) is 5.92 Å². The Morgan fingerprint density at radius 1 is 1.28 bits per heavy atom. The van der Waals surface area contributed by atoms with Crippen LogP contribution < -0.4 is 10.6 Å². The van der Waals surface area contributed by atoms with Crippen molar-refractivity contribution in [1.29, 1.82) is 0 Å². The molecule has 0 saturated carbocycles. The van der Waals surface area contributed by atoms with Gasteiger partial charge in [0.25, 0.3) is 0 Å². The van der Waals surface area contributed by atoms with Crippen molar-refractivity contribution in [2.75, 3.05) is 26.7 Å². The van der Waals surface area contributed by atoms with E-state index >= 15 is 0 Å². The fraction of sp³-hybridized carbons (Fsp3) is 0.435. The van der Waals surface area contributed by atoms with Gasteiger partial charge in [0.05, 0.1) is 5.76 Å². The van der Waals surface area contributed by atoms with Crippen molar-refractivity contribution < 1.29 is 5.11 Å². The molecule has 0 radical (unpaired) electrons. The first kappa shape index (κ1) is 20.4. The largest absolute Gasteiger partial charge is 0.512 e. The summed E-state index contributed by atoms with van der Waals surface area (Å²) in [5, 5.41) is 18.8. The van der Waals surface area contributed by atoms with Crippen molar-refractivity contribution in [3.63, 3.8) is 0 Å². The molecule has 1 saturated heterocycles. The molecule has 4 nitrogen and oxygen atoms in total. The van der Waals surface area contributed by atoms with Gasteiger partial charge in [-0.05, 0) is 55.7 Å². The molecule has 1 aromatic carbocycles. The number of allylic oxidation sites excluding steroid dienone is 3. The second-order valence-electron chi connectivity index (χ2n) is 8.16. The molecule has 6 heteroatoms. The molecule has 0 spiro atoms. The number of fused-ring (bicyclic) bond motifs is 2. The topological polar surface area (TPSA) is 47.5 Å². The minimum absolute atomic E-state index is 0.211. The monoisotopic (exact) mass is 427 g/mol. The van der Waals surface area contributed by atoms with Crippen LogP contribution in [0.4, 0.5) is 0 Å². The fourth-order valence-electron chi connectivity index (χ4n) is 4.34. The predicted molar refractivity (Wildman–Crippen MR) is 127 cm³/mol. The number of thiocarbonyl (C=S) groups is 1. The van der Waals surface area contributed by atoms with Crippen LogP contribution in [0, 0.1) is 11.8 Å². The number of benzene rings is 1. The molecule has 2 aromatic rings. The molecular weight excluding hydrogens is 398 g/mol. The highest BCUT2D eigenvalue weighted by molar-refractivity contribution is 7.80. The number of hydrogen-bond acceptors (Lipinski definition) is 4. The van der Waals surface area contributed by atoms with Gasteiger partial charge in [0.15, 0.2) is 5.11 Å². The van der Waals surface area contributed by atoms with Gasteiger partial charge in [-0.25, -0.2) is 0 Å². The van der Waals surface area contributed by atoms with Crippen molar-refractivity contribution in [3.8, 4) is 0 Å². The van der Waals surface area contributed by atoms with E-state index in [1.807, 2.05) is 17.4 Å². The minimum Gasteiger partial charge on any atom is -0.512 e. The smallest absolute Gasteiger partial charge is 0.166 e. The van der Waals surface area contributed by atoms with Crippen LogP contribution in [0.25, 0.3) is 10.1 Å². The number of nitrogens with zero attached hydrogens (tertiary/aromatic N) is 1. The highest BCUT2D eigenvalue weighted by atomic mass is 32.1. The Labute approximate surface area is 182 Å². The number of thiophene rings is 1. The predicted octanol–water partition coefficient (Wildman–Crippen LogP) is 4.25. The average Bonchev–Trinajstić information content (AvgIpc) is 3.12. The third-order valence-corrected chi connectivity index (χ3v) is 7.69. The van der Waals surface area contributed by atoms with Crippen molar-refractivity contribution in [2.45, 2.75) is 25.8 Å². The standard InChI is InChI=1S/C23H29N3OS2/c1-15-20-14-26(2)18(11-16(20)7-8-21(15)27)13-25-23(28)24-10-9-19-12-17-5-3-4-6-22(17)29-19/h3-8,12,15,18,20,27H,9-11,13-14H2,1-2H3,(H2,24,25,28). The molecule has 0 amide bonds. The van der Waals surface area contributed by atoms with Gasteiger partial charge < -0.3 is 20.6 Å². The average molecular weight is 428 g/mol. The Morgan fingerprint density at radius 2 is 2.10 bits per heavy atom. The number of likely N-dealkylation sites (N-methyl/N-ethyl adjacent to an activating group) is 1. The summed E-state index contributed by atoms with van der Waals surface area (Å²) in [6.45, 7) is 4.77. The van der Waals surface area contributed by atoms with Crippen LogP contribution in [-0.2, 0) is 6.42 Å². The number of aliphatic hydroxyl groups excluding tert-OH is 1. The molecule has 1 aliphatic carbocycles. The molecule has 2 heterocycles. The summed E-state index contributed by atoms with van der Waals surface area (Å²) in [6, 6.07) is 11.2. The van der Waals surface area contributed by atoms with Crippen LogP contribution >= 0.6 is 23.6 Å². The number of rotatable bonds is 5. The van der Waals surface area contributed by atoms with E-state index in [9.17, 15) is 5.11 Å². The third kappa shape index (κ3) is 4.65. The third-order valence-electron chi connectivity index (χ3n) is 6.23. The van der Waals surface area contributed by atoms with Crippen molar-refractivity contribution in [1.82, 2.24) is 15.5 Å². The molecule has 154 valence electrons. The SMILES string of the molecule is CC1C(O)=CC=C2CC(CNC(=S)NCCc3cc4ccccc4s3)N(C)CC21. The first-order valence-electron chi connectivity index (χ1n) is 10.3. The number of piperidine rings is 1. The van der Waals surface area contributed by atoms with Crippen molar-refractivity contribution in [3.05, 3.63) is 58.7 Å². The Balaban J connectivity index is 1.23. The molecule has 3 N–H and O–H groups in total. The second-order valence-corrected chi connectivity index (χ2v) is 9.74. The molecule has 3 unspecified atom stereocenters. The summed E-state index contributed by atoms with van der Waals surface area (Å²) in [6.07, 6.45) is 5.98. The van der Waals surface area contributed by atoms with E-state index in [0.29, 0.717) is 17.7 Å². The Morgan fingerprint density at radius 3 is 2.93 bits per heavy atom. The van der Waals surface area contributed by atoms with E-state index in [1.165, 1.54) is 20.5 Å². The first-order valence-corrected chi connectivity index (χ1v) is 11.5. The molecule has 1 aromatic heterocycles. The van der Waals surface area contributed by atoms with Gasteiger partial charge in [0, 0.05) is 47.1 Å². The Hall–Kier alpha value is -1.89. The van der Waals surface area contributed by atoms with Crippen LogP contribution in [0.5, 0.6) is 0 Å². The van der Waals surface area contributed by atoms with E-state index in [2.05, 4.69) is 65.9 Å². The number of aliphatic hydroxyl groups is 1. The van der Waals surface area contributed by atoms with Gasteiger partial charge >= 0.3 is 0 Å². The molecule has 29 heavy (non-hydrogen) atoms. The second kappa shape index (κ2) is 8.86. The van der Waals surface area contributed by atoms with Crippen LogP contribution in [0.2, 0.25) is 0 Å². The van der Waals surface area contributed by atoms with Gasteiger partial charge in [-0.15, -0.1) is 11.3 Å². The first-order chi connectivity index (χ1) is 14.0. The number of hydrogen-bond donors (Lipinski definition) is 3. The molecule has 0 bridgehead atoms. The molecule has 2 aliphatic rings. The summed E-state index contributed by atoms with van der Waals surface area (Å²) in [4.78, 5) is 3.78. The summed E-state index contributed by atoms with van der Waals surface area (Å²) in [5.41, 5.74) is 1.45. The molecule has 1 fully saturated rings. The van der Waals surface area contributed by atoms with Crippen molar-refractivity contribution >= 4 is 38.8 Å². The summed E-state index contributed by atoms with van der Waals surface area (Å²) < 4.78 is 1.34. The molecule has 3 atom stereocenters. The Kier molecular flexibility index (Phi) is 6.23. The van der Waals surface area contributed by atoms with Gasteiger partial charge in [-0.2, -0.15) is 0 Å². The van der Waals surface area contributed by atoms with Crippen LogP contribution in [0.1, 0.15) is 18.2 Å².